The van der Waals surface area contributed by atoms with Gasteiger partial charge in [0, 0.05) is 25.4 Å². The molecule has 0 amide bonds. The summed E-state index contributed by atoms with van der Waals surface area (Å²) in [6, 6.07) is 26.7. The Balaban J connectivity index is 1.47. The molecule has 2 heterocycles. The van der Waals surface area contributed by atoms with Crippen LogP contribution in [0.5, 0.6) is 0 Å². The van der Waals surface area contributed by atoms with Crippen LogP contribution in [0.3, 0.4) is 0 Å². The lowest BCUT2D eigenvalue weighted by Crippen LogP contribution is -2.15. The van der Waals surface area contributed by atoms with Crippen molar-refractivity contribution in [3.8, 4) is 11.3 Å². The molecule has 4 aromatic rings. The fraction of sp³-hybridized carbons (Fsp3) is 0.160. The van der Waals surface area contributed by atoms with Crippen molar-refractivity contribution in [1.82, 2.24) is 15.0 Å². The summed E-state index contributed by atoms with van der Waals surface area (Å²) in [7, 11) is 1.97. The Bertz CT molecular complexity index is 1090. The van der Waals surface area contributed by atoms with Crippen LogP contribution in [0.15, 0.2) is 85.1 Å². The summed E-state index contributed by atoms with van der Waals surface area (Å²) in [5.74, 6) is 2.24. The van der Waals surface area contributed by atoms with E-state index in [1.165, 1.54) is 11.1 Å². The highest BCUT2D eigenvalue weighted by Crippen LogP contribution is 2.24. The van der Waals surface area contributed by atoms with Crippen molar-refractivity contribution in [2.24, 2.45) is 0 Å². The summed E-state index contributed by atoms with van der Waals surface area (Å²) in [6.45, 7) is 2.86. The van der Waals surface area contributed by atoms with E-state index in [2.05, 4.69) is 70.7 Å². The van der Waals surface area contributed by atoms with E-state index in [-0.39, 0.29) is 0 Å². The molecule has 0 spiro atoms. The Labute approximate surface area is 177 Å². The van der Waals surface area contributed by atoms with Gasteiger partial charge in [0.05, 0.1) is 5.69 Å². The molecule has 0 radical (unpaired) electrons. The van der Waals surface area contributed by atoms with Crippen LogP contribution in [0, 0.1) is 6.92 Å². The zero-order chi connectivity index (χ0) is 20.8. The summed E-state index contributed by atoms with van der Waals surface area (Å²) in [5.41, 5.74) is 4.56. The lowest BCUT2D eigenvalue weighted by Gasteiger charge is -2.18. The molecule has 0 saturated carbocycles. The number of nitrogens with one attached hydrogen (secondary N) is 1. The van der Waals surface area contributed by atoms with Crippen molar-refractivity contribution in [1.29, 1.82) is 0 Å². The van der Waals surface area contributed by atoms with E-state index in [1.807, 2.05) is 42.3 Å². The van der Waals surface area contributed by atoms with E-state index < -0.39 is 0 Å². The molecule has 0 saturated heterocycles. The molecule has 5 nitrogen and oxygen atoms in total. The first-order valence-corrected chi connectivity index (χ1v) is 10.1. The first kappa shape index (κ1) is 19.6. The monoisotopic (exact) mass is 395 g/mol. The molecular formula is C25H25N5. The number of pyridine rings is 1. The van der Waals surface area contributed by atoms with Gasteiger partial charge in [-0.1, -0.05) is 66.2 Å². The number of rotatable bonds is 7. The molecule has 0 fully saturated rings. The van der Waals surface area contributed by atoms with Crippen LogP contribution in [-0.2, 0) is 6.42 Å². The Hall–Kier alpha value is -3.73. The van der Waals surface area contributed by atoms with Gasteiger partial charge in [-0.3, -0.25) is 0 Å². The predicted octanol–water partition coefficient (Wildman–Crippen LogP) is 5.27. The summed E-state index contributed by atoms with van der Waals surface area (Å²) in [4.78, 5) is 15.8. The van der Waals surface area contributed by atoms with Crippen LogP contribution in [0.4, 0.5) is 17.6 Å². The zero-order valence-electron chi connectivity index (χ0n) is 17.3. The highest BCUT2D eigenvalue weighted by molar-refractivity contribution is 5.64. The van der Waals surface area contributed by atoms with Crippen molar-refractivity contribution in [3.05, 3.63) is 96.2 Å². The molecule has 0 aliphatic rings. The number of benzene rings is 2. The van der Waals surface area contributed by atoms with Crippen LogP contribution < -0.4 is 10.2 Å². The maximum Gasteiger partial charge on any atom is 0.224 e. The highest BCUT2D eigenvalue weighted by Gasteiger charge is 2.10. The molecule has 0 aliphatic carbocycles. The van der Waals surface area contributed by atoms with Crippen molar-refractivity contribution in [2.45, 2.75) is 13.3 Å². The SMILES string of the molecule is Cc1ccc(-c2cccc(N(C)c3ccnc(NCCc4ccccc4)n3)n2)cc1. The van der Waals surface area contributed by atoms with Gasteiger partial charge in [0.1, 0.15) is 11.6 Å². The minimum absolute atomic E-state index is 0.616. The fourth-order valence-corrected chi connectivity index (χ4v) is 3.20. The molecular weight excluding hydrogens is 370 g/mol. The quantitative estimate of drug-likeness (QED) is 0.462. The molecule has 5 heteroatoms. The van der Waals surface area contributed by atoms with E-state index in [1.54, 1.807) is 6.20 Å². The average molecular weight is 396 g/mol. The predicted molar refractivity (Wildman–Crippen MR) is 123 cm³/mol. The van der Waals surface area contributed by atoms with E-state index in [0.717, 1.165) is 35.9 Å². The van der Waals surface area contributed by atoms with Gasteiger partial charge in [-0.15, -0.1) is 0 Å². The Morgan fingerprint density at radius 1 is 0.800 bits per heavy atom. The number of nitrogens with zero attached hydrogens (tertiary/aromatic N) is 4. The van der Waals surface area contributed by atoms with Crippen molar-refractivity contribution < 1.29 is 0 Å². The van der Waals surface area contributed by atoms with Crippen LogP contribution >= 0.6 is 0 Å². The second-order valence-electron chi connectivity index (χ2n) is 7.21. The zero-order valence-corrected chi connectivity index (χ0v) is 17.3. The van der Waals surface area contributed by atoms with E-state index in [4.69, 9.17) is 4.98 Å². The maximum atomic E-state index is 4.83. The highest BCUT2D eigenvalue weighted by atomic mass is 15.2. The number of aromatic nitrogens is 3. The third-order valence-corrected chi connectivity index (χ3v) is 4.95. The number of anilines is 3. The standard InChI is InChI=1S/C25H25N5/c1-19-11-13-21(14-12-19)22-9-6-10-23(28-22)30(2)24-16-18-27-25(29-24)26-17-15-20-7-4-3-5-8-20/h3-14,16,18H,15,17H2,1-2H3,(H,26,27,29). The van der Waals surface area contributed by atoms with E-state index in [0.29, 0.717) is 5.95 Å². The molecule has 2 aromatic carbocycles. The molecule has 30 heavy (non-hydrogen) atoms. The Morgan fingerprint density at radius 3 is 2.37 bits per heavy atom. The van der Waals surface area contributed by atoms with Crippen LogP contribution in [0.2, 0.25) is 0 Å². The molecule has 150 valence electrons. The molecule has 0 aliphatic heterocycles. The third-order valence-electron chi connectivity index (χ3n) is 4.95. The second-order valence-corrected chi connectivity index (χ2v) is 7.21. The van der Waals surface area contributed by atoms with Gasteiger partial charge in [0.15, 0.2) is 0 Å². The van der Waals surface area contributed by atoms with Gasteiger partial charge in [0.25, 0.3) is 0 Å². The van der Waals surface area contributed by atoms with Gasteiger partial charge in [-0.25, -0.2) is 9.97 Å². The molecule has 4 rings (SSSR count). The van der Waals surface area contributed by atoms with Gasteiger partial charge >= 0.3 is 0 Å². The fourth-order valence-electron chi connectivity index (χ4n) is 3.20. The third kappa shape index (κ3) is 4.81. The first-order chi connectivity index (χ1) is 14.7. The normalized spacial score (nSPS) is 10.6. The number of hydrogen-bond donors (Lipinski definition) is 1. The summed E-state index contributed by atoms with van der Waals surface area (Å²) >= 11 is 0. The van der Waals surface area contributed by atoms with E-state index >= 15 is 0 Å². The molecule has 2 aromatic heterocycles. The van der Waals surface area contributed by atoms with Gasteiger partial charge in [-0.2, -0.15) is 4.98 Å². The number of aryl methyl sites for hydroxylation is 1. The van der Waals surface area contributed by atoms with E-state index in [9.17, 15) is 0 Å². The Kier molecular flexibility index (Phi) is 5.99. The second kappa shape index (κ2) is 9.18. The molecule has 1 N–H and O–H groups in total. The van der Waals surface area contributed by atoms with Crippen LogP contribution in [0.1, 0.15) is 11.1 Å². The van der Waals surface area contributed by atoms with Crippen LogP contribution in [0.25, 0.3) is 11.3 Å². The van der Waals surface area contributed by atoms with Gasteiger partial charge < -0.3 is 10.2 Å². The van der Waals surface area contributed by atoms with Crippen molar-refractivity contribution in [3.63, 3.8) is 0 Å². The summed E-state index contributed by atoms with van der Waals surface area (Å²) in [5, 5.41) is 3.31. The smallest absolute Gasteiger partial charge is 0.224 e. The summed E-state index contributed by atoms with van der Waals surface area (Å²) < 4.78 is 0. The molecule has 0 unspecified atom stereocenters. The number of hydrogen-bond acceptors (Lipinski definition) is 5. The average Bonchev–Trinajstić information content (AvgIpc) is 2.80. The van der Waals surface area contributed by atoms with Gasteiger partial charge in [0.2, 0.25) is 5.95 Å². The van der Waals surface area contributed by atoms with Crippen molar-refractivity contribution >= 4 is 17.6 Å². The lowest BCUT2D eigenvalue weighted by atomic mass is 10.1. The summed E-state index contributed by atoms with van der Waals surface area (Å²) in [6.07, 6.45) is 2.69. The first-order valence-electron chi connectivity index (χ1n) is 10.1. The lowest BCUT2D eigenvalue weighted by molar-refractivity contribution is 0.973. The largest absolute Gasteiger partial charge is 0.354 e. The maximum absolute atomic E-state index is 4.83. The minimum Gasteiger partial charge on any atom is -0.354 e. The minimum atomic E-state index is 0.616. The van der Waals surface area contributed by atoms with Crippen LogP contribution in [-0.4, -0.2) is 28.5 Å². The molecule has 0 bridgehead atoms. The Morgan fingerprint density at radius 2 is 1.57 bits per heavy atom. The molecule has 0 atom stereocenters. The van der Waals surface area contributed by atoms with Gasteiger partial charge in [-0.05, 0) is 37.1 Å². The van der Waals surface area contributed by atoms with Crippen molar-refractivity contribution in [2.75, 3.05) is 23.8 Å². The topological polar surface area (TPSA) is 53.9 Å².